The fourth-order valence-electron chi connectivity index (χ4n) is 2.76. The van der Waals surface area contributed by atoms with Gasteiger partial charge in [-0.2, -0.15) is 0 Å². The van der Waals surface area contributed by atoms with Crippen LogP contribution in [0, 0.1) is 13.8 Å². The molecule has 1 aromatic rings. The summed E-state index contributed by atoms with van der Waals surface area (Å²) in [6.07, 6.45) is 4.69. The molecular weight excluding hydrogens is 270 g/mol. The molecule has 1 aliphatic heterocycles. The predicted molar refractivity (Wildman–Crippen MR) is 83.4 cm³/mol. The van der Waals surface area contributed by atoms with E-state index in [1.807, 2.05) is 18.7 Å². The summed E-state index contributed by atoms with van der Waals surface area (Å²) in [6.45, 7) is 8.74. The number of nitrogens with one attached hydrogen (secondary N) is 1. The standard InChI is InChI=1S/C15H25N3OS/c1-4-9-18(10-13-7-5-6-8-16-13)15(19)14-11(2)17-12(3)20-14/h13,16H,4-10H2,1-3H3. The number of piperidine rings is 1. The minimum Gasteiger partial charge on any atom is -0.336 e. The maximum Gasteiger partial charge on any atom is 0.265 e. The molecule has 2 heterocycles. The molecule has 112 valence electrons. The third kappa shape index (κ3) is 3.79. The summed E-state index contributed by atoms with van der Waals surface area (Å²) in [5, 5.41) is 4.50. The SMILES string of the molecule is CCCN(CC1CCCCN1)C(=O)c1sc(C)nc1C. The Hall–Kier alpha value is -0.940. The van der Waals surface area contributed by atoms with Crippen molar-refractivity contribution in [3.8, 4) is 0 Å². The lowest BCUT2D eigenvalue weighted by Gasteiger charge is -2.30. The number of aromatic nitrogens is 1. The van der Waals surface area contributed by atoms with Crippen molar-refractivity contribution in [2.24, 2.45) is 0 Å². The lowest BCUT2D eigenvalue weighted by atomic mass is 10.0. The van der Waals surface area contributed by atoms with Crippen LogP contribution in [0.3, 0.4) is 0 Å². The van der Waals surface area contributed by atoms with Crippen LogP contribution < -0.4 is 5.32 Å². The van der Waals surface area contributed by atoms with E-state index in [-0.39, 0.29) is 5.91 Å². The Morgan fingerprint density at radius 2 is 2.25 bits per heavy atom. The highest BCUT2D eigenvalue weighted by molar-refractivity contribution is 7.13. The van der Waals surface area contributed by atoms with Crippen molar-refractivity contribution in [1.82, 2.24) is 15.2 Å². The van der Waals surface area contributed by atoms with E-state index in [1.54, 1.807) is 0 Å². The van der Waals surface area contributed by atoms with Crippen molar-refractivity contribution in [3.05, 3.63) is 15.6 Å². The number of carbonyl (C=O) groups is 1. The van der Waals surface area contributed by atoms with Crippen molar-refractivity contribution >= 4 is 17.2 Å². The van der Waals surface area contributed by atoms with Gasteiger partial charge in [0.15, 0.2) is 0 Å². The average Bonchev–Trinajstić information content (AvgIpc) is 2.77. The van der Waals surface area contributed by atoms with Crippen LogP contribution in [0.4, 0.5) is 0 Å². The van der Waals surface area contributed by atoms with Crippen LogP contribution in [0.1, 0.15) is 53.0 Å². The van der Waals surface area contributed by atoms with Gasteiger partial charge in [-0.1, -0.05) is 13.3 Å². The van der Waals surface area contributed by atoms with Gasteiger partial charge in [0.25, 0.3) is 5.91 Å². The van der Waals surface area contributed by atoms with Crippen molar-refractivity contribution in [2.45, 2.75) is 52.5 Å². The van der Waals surface area contributed by atoms with Crippen LogP contribution >= 0.6 is 11.3 Å². The van der Waals surface area contributed by atoms with Gasteiger partial charge in [-0.3, -0.25) is 4.79 Å². The molecule has 0 aromatic carbocycles. The van der Waals surface area contributed by atoms with E-state index in [4.69, 9.17) is 0 Å². The molecule has 1 aliphatic rings. The molecule has 2 rings (SSSR count). The Bertz CT molecular complexity index is 452. The molecule has 0 radical (unpaired) electrons. The van der Waals surface area contributed by atoms with Gasteiger partial charge < -0.3 is 10.2 Å². The molecule has 5 heteroatoms. The first kappa shape index (κ1) is 15.4. The Morgan fingerprint density at radius 1 is 1.45 bits per heavy atom. The van der Waals surface area contributed by atoms with Gasteiger partial charge in [0.05, 0.1) is 10.7 Å². The first-order chi connectivity index (χ1) is 9.61. The Labute approximate surface area is 125 Å². The topological polar surface area (TPSA) is 45.2 Å². The first-order valence-corrected chi connectivity index (χ1v) is 8.40. The number of carbonyl (C=O) groups excluding carboxylic acids is 1. The molecule has 1 N–H and O–H groups in total. The maximum atomic E-state index is 12.7. The van der Waals surface area contributed by atoms with Crippen molar-refractivity contribution in [1.29, 1.82) is 0 Å². The summed E-state index contributed by atoms with van der Waals surface area (Å²) in [6, 6.07) is 0.452. The monoisotopic (exact) mass is 295 g/mol. The Balaban J connectivity index is 2.06. The molecule has 0 aliphatic carbocycles. The van der Waals surface area contributed by atoms with Gasteiger partial charge in [0, 0.05) is 19.1 Å². The van der Waals surface area contributed by atoms with Gasteiger partial charge in [-0.25, -0.2) is 4.98 Å². The summed E-state index contributed by atoms with van der Waals surface area (Å²) in [5.74, 6) is 0.155. The molecule has 4 nitrogen and oxygen atoms in total. The average molecular weight is 295 g/mol. The van der Waals surface area contributed by atoms with E-state index in [0.717, 1.165) is 41.6 Å². The summed E-state index contributed by atoms with van der Waals surface area (Å²) < 4.78 is 0. The quantitative estimate of drug-likeness (QED) is 0.908. The maximum absolute atomic E-state index is 12.7. The van der Waals surface area contributed by atoms with Crippen LogP contribution in [0.2, 0.25) is 0 Å². The van der Waals surface area contributed by atoms with Crippen LogP contribution in [0.5, 0.6) is 0 Å². The number of aryl methyl sites for hydroxylation is 2. The molecule has 0 spiro atoms. The summed E-state index contributed by atoms with van der Waals surface area (Å²) in [4.78, 5) is 19.9. The summed E-state index contributed by atoms with van der Waals surface area (Å²) >= 11 is 1.52. The van der Waals surface area contributed by atoms with Crippen LogP contribution in [-0.2, 0) is 0 Å². The third-order valence-corrected chi connectivity index (χ3v) is 4.79. The third-order valence-electron chi connectivity index (χ3n) is 3.73. The van der Waals surface area contributed by atoms with Crippen molar-refractivity contribution in [2.75, 3.05) is 19.6 Å². The highest BCUT2D eigenvalue weighted by atomic mass is 32.1. The molecule has 1 unspecified atom stereocenters. The molecule has 1 aromatic heterocycles. The van der Waals surface area contributed by atoms with E-state index in [2.05, 4.69) is 17.2 Å². The second kappa shape index (κ2) is 7.18. The summed E-state index contributed by atoms with van der Waals surface area (Å²) in [5.41, 5.74) is 0.871. The van der Waals surface area contributed by atoms with E-state index < -0.39 is 0 Å². The smallest absolute Gasteiger partial charge is 0.265 e. The molecule has 0 saturated carbocycles. The predicted octanol–water partition coefficient (Wildman–Crippen LogP) is 2.75. The minimum absolute atomic E-state index is 0.155. The summed E-state index contributed by atoms with van der Waals surface area (Å²) in [7, 11) is 0. The van der Waals surface area contributed by atoms with E-state index in [0.29, 0.717) is 6.04 Å². The Kier molecular flexibility index (Phi) is 5.54. The Morgan fingerprint density at radius 3 is 2.80 bits per heavy atom. The van der Waals surface area contributed by atoms with Gasteiger partial charge in [-0.05, 0) is 39.7 Å². The van der Waals surface area contributed by atoms with E-state index in [1.165, 1.54) is 30.6 Å². The van der Waals surface area contributed by atoms with E-state index in [9.17, 15) is 4.79 Å². The lowest BCUT2D eigenvalue weighted by molar-refractivity contribution is 0.0735. The second-order valence-corrected chi connectivity index (χ2v) is 6.75. The normalized spacial score (nSPS) is 19.1. The molecule has 1 atom stereocenters. The molecule has 1 amide bonds. The van der Waals surface area contributed by atoms with Gasteiger partial charge in [0.2, 0.25) is 0 Å². The van der Waals surface area contributed by atoms with Gasteiger partial charge >= 0.3 is 0 Å². The molecular formula is C15H25N3OS. The van der Waals surface area contributed by atoms with Crippen LogP contribution in [0.15, 0.2) is 0 Å². The second-order valence-electron chi connectivity index (χ2n) is 5.55. The minimum atomic E-state index is 0.155. The van der Waals surface area contributed by atoms with Crippen LogP contribution in [-0.4, -0.2) is 41.5 Å². The van der Waals surface area contributed by atoms with Gasteiger partial charge in [0.1, 0.15) is 4.88 Å². The number of hydrogen-bond acceptors (Lipinski definition) is 4. The number of hydrogen-bond donors (Lipinski definition) is 1. The zero-order valence-electron chi connectivity index (χ0n) is 12.7. The van der Waals surface area contributed by atoms with Crippen LogP contribution in [0.25, 0.3) is 0 Å². The van der Waals surface area contributed by atoms with E-state index >= 15 is 0 Å². The van der Waals surface area contributed by atoms with Crippen molar-refractivity contribution in [3.63, 3.8) is 0 Å². The fraction of sp³-hybridized carbons (Fsp3) is 0.733. The lowest BCUT2D eigenvalue weighted by Crippen LogP contribution is -2.46. The highest BCUT2D eigenvalue weighted by Gasteiger charge is 2.23. The molecule has 1 saturated heterocycles. The first-order valence-electron chi connectivity index (χ1n) is 7.58. The number of rotatable bonds is 5. The highest BCUT2D eigenvalue weighted by Crippen LogP contribution is 2.20. The largest absolute Gasteiger partial charge is 0.336 e. The number of nitrogens with zero attached hydrogens (tertiary/aromatic N) is 2. The zero-order valence-corrected chi connectivity index (χ0v) is 13.6. The molecule has 1 fully saturated rings. The number of thiazole rings is 1. The fourth-order valence-corrected chi connectivity index (χ4v) is 3.65. The zero-order chi connectivity index (χ0) is 14.5. The number of amides is 1. The molecule has 0 bridgehead atoms. The van der Waals surface area contributed by atoms with Crippen molar-refractivity contribution < 1.29 is 4.79 Å². The van der Waals surface area contributed by atoms with Gasteiger partial charge in [-0.15, -0.1) is 11.3 Å². The molecule has 20 heavy (non-hydrogen) atoms.